The van der Waals surface area contributed by atoms with Crippen LogP contribution in [0.5, 0.6) is 0 Å². The molecule has 0 aliphatic carbocycles. The summed E-state index contributed by atoms with van der Waals surface area (Å²) in [5, 5.41) is 14.7. The van der Waals surface area contributed by atoms with Crippen molar-refractivity contribution in [3.05, 3.63) is 51.2 Å². The predicted molar refractivity (Wildman–Crippen MR) is 66.4 cm³/mol. The van der Waals surface area contributed by atoms with Crippen LogP contribution in [0.3, 0.4) is 0 Å². The lowest BCUT2D eigenvalue weighted by molar-refractivity contribution is 0.210. The second-order valence-corrected chi connectivity index (χ2v) is 4.78. The summed E-state index contributed by atoms with van der Waals surface area (Å²) in [6.07, 6.45) is 0.760. The molecule has 1 unspecified atom stereocenters. The quantitative estimate of drug-likeness (QED) is 0.926. The van der Waals surface area contributed by atoms with E-state index in [1.165, 1.54) is 6.20 Å². The van der Waals surface area contributed by atoms with Gasteiger partial charge in [-0.05, 0) is 17.7 Å². The molecule has 1 aromatic carbocycles. The Bertz CT molecular complexity index is 493. The Morgan fingerprint density at radius 2 is 2.25 bits per heavy atom. The highest BCUT2D eigenvalue weighted by atomic mass is 79.9. The van der Waals surface area contributed by atoms with E-state index in [0.717, 1.165) is 10.0 Å². The molecule has 0 bridgehead atoms. The van der Waals surface area contributed by atoms with Crippen molar-refractivity contribution >= 4 is 27.5 Å². The molecular formula is C11H10BrClN2O. The second-order valence-electron chi connectivity index (χ2n) is 3.46. The first-order valence-corrected chi connectivity index (χ1v) is 5.87. The standard InChI is InChI=1S/C11H10BrClN2O/c1-15-10(9(13)6-14-15)11(16)7-3-2-4-8(12)5-7/h2-6,11,16H,1H3. The average molecular weight is 302 g/mol. The Morgan fingerprint density at radius 3 is 2.81 bits per heavy atom. The number of aliphatic hydroxyl groups is 1. The highest BCUT2D eigenvalue weighted by Crippen LogP contribution is 2.28. The maximum atomic E-state index is 10.2. The third-order valence-corrected chi connectivity index (χ3v) is 3.15. The molecule has 16 heavy (non-hydrogen) atoms. The summed E-state index contributed by atoms with van der Waals surface area (Å²) < 4.78 is 2.50. The monoisotopic (exact) mass is 300 g/mol. The number of nitrogens with zero attached hydrogens (tertiary/aromatic N) is 2. The minimum atomic E-state index is -0.766. The molecule has 0 fully saturated rings. The van der Waals surface area contributed by atoms with Crippen LogP contribution in [0.1, 0.15) is 17.4 Å². The van der Waals surface area contributed by atoms with Crippen molar-refractivity contribution in [3.63, 3.8) is 0 Å². The number of hydrogen-bond donors (Lipinski definition) is 1. The Kier molecular flexibility index (Phi) is 3.33. The van der Waals surface area contributed by atoms with Gasteiger partial charge in [0, 0.05) is 11.5 Å². The fourth-order valence-electron chi connectivity index (χ4n) is 1.56. The first kappa shape index (κ1) is 11.6. The molecule has 0 amide bonds. The number of aromatic nitrogens is 2. The number of benzene rings is 1. The van der Waals surface area contributed by atoms with Crippen molar-refractivity contribution < 1.29 is 5.11 Å². The van der Waals surface area contributed by atoms with Gasteiger partial charge >= 0.3 is 0 Å². The van der Waals surface area contributed by atoms with Gasteiger partial charge in [-0.2, -0.15) is 5.10 Å². The summed E-state index contributed by atoms with van der Waals surface area (Å²) in [7, 11) is 1.75. The topological polar surface area (TPSA) is 38.0 Å². The van der Waals surface area contributed by atoms with Crippen molar-refractivity contribution in [2.24, 2.45) is 7.05 Å². The molecule has 3 nitrogen and oxygen atoms in total. The zero-order chi connectivity index (χ0) is 11.7. The maximum absolute atomic E-state index is 10.2. The van der Waals surface area contributed by atoms with E-state index in [1.54, 1.807) is 11.7 Å². The molecule has 0 radical (unpaired) electrons. The molecule has 2 aromatic rings. The lowest BCUT2D eigenvalue weighted by Gasteiger charge is -2.12. The summed E-state index contributed by atoms with van der Waals surface area (Å²) in [4.78, 5) is 0. The van der Waals surface area contributed by atoms with E-state index >= 15 is 0 Å². The Labute approximate surface area is 107 Å². The highest BCUT2D eigenvalue weighted by molar-refractivity contribution is 9.10. The third-order valence-electron chi connectivity index (χ3n) is 2.36. The van der Waals surface area contributed by atoms with Gasteiger partial charge in [0.05, 0.1) is 16.9 Å². The van der Waals surface area contributed by atoms with Crippen molar-refractivity contribution in [3.8, 4) is 0 Å². The first-order valence-electron chi connectivity index (χ1n) is 4.70. The van der Waals surface area contributed by atoms with Crippen LogP contribution in [0, 0.1) is 0 Å². The van der Waals surface area contributed by atoms with Crippen LogP contribution in [-0.4, -0.2) is 14.9 Å². The molecule has 0 saturated heterocycles. The zero-order valence-corrected chi connectivity index (χ0v) is 10.9. The molecule has 0 aliphatic rings. The Hall–Kier alpha value is -0.840. The van der Waals surface area contributed by atoms with Crippen LogP contribution in [0.2, 0.25) is 5.02 Å². The van der Waals surface area contributed by atoms with Gasteiger partial charge in [0.25, 0.3) is 0 Å². The number of rotatable bonds is 2. The predicted octanol–water partition coefficient (Wildman–Crippen LogP) is 2.92. The first-order chi connectivity index (χ1) is 7.59. The molecule has 5 heteroatoms. The van der Waals surface area contributed by atoms with E-state index in [9.17, 15) is 5.11 Å². The average Bonchev–Trinajstić information content (AvgIpc) is 2.58. The SMILES string of the molecule is Cn1ncc(Cl)c1C(O)c1cccc(Br)c1. The maximum Gasteiger partial charge on any atom is 0.122 e. The van der Waals surface area contributed by atoms with Crippen LogP contribution in [-0.2, 0) is 7.05 Å². The van der Waals surface area contributed by atoms with Gasteiger partial charge in [-0.15, -0.1) is 0 Å². The van der Waals surface area contributed by atoms with Gasteiger partial charge in [0.1, 0.15) is 6.10 Å². The van der Waals surface area contributed by atoms with Crippen molar-refractivity contribution in [1.82, 2.24) is 9.78 Å². The van der Waals surface area contributed by atoms with Crippen LogP contribution >= 0.6 is 27.5 Å². The highest BCUT2D eigenvalue weighted by Gasteiger charge is 2.18. The smallest absolute Gasteiger partial charge is 0.122 e. The molecule has 84 valence electrons. The van der Waals surface area contributed by atoms with E-state index in [2.05, 4.69) is 21.0 Å². The van der Waals surface area contributed by atoms with Crippen LogP contribution in [0.4, 0.5) is 0 Å². The molecule has 0 aliphatic heterocycles. The van der Waals surface area contributed by atoms with Crippen molar-refractivity contribution in [2.75, 3.05) is 0 Å². The minimum absolute atomic E-state index is 0.468. The van der Waals surface area contributed by atoms with E-state index in [-0.39, 0.29) is 0 Å². The molecule has 0 spiro atoms. The van der Waals surface area contributed by atoms with Crippen molar-refractivity contribution in [1.29, 1.82) is 0 Å². The molecule has 1 aromatic heterocycles. The molecular weight excluding hydrogens is 291 g/mol. The zero-order valence-electron chi connectivity index (χ0n) is 8.56. The van der Waals surface area contributed by atoms with Crippen LogP contribution < -0.4 is 0 Å². The van der Waals surface area contributed by atoms with Gasteiger partial charge < -0.3 is 5.11 Å². The molecule has 1 N–H and O–H groups in total. The van der Waals surface area contributed by atoms with E-state index in [4.69, 9.17) is 11.6 Å². The van der Waals surface area contributed by atoms with Crippen LogP contribution in [0.25, 0.3) is 0 Å². The fraction of sp³-hybridized carbons (Fsp3) is 0.182. The molecule has 2 rings (SSSR count). The van der Waals surface area contributed by atoms with E-state index in [0.29, 0.717) is 10.7 Å². The Morgan fingerprint density at radius 1 is 1.50 bits per heavy atom. The van der Waals surface area contributed by atoms with E-state index < -0.39 is 6.10 Å². The second kappa shape index (κ2) is 4.57. The molecule has 1 atom stereocenters. The van der Waals surface area contributed by atoms with Gasteiger partial charge in [0.15, 0.2) is 0 Å². The normalized spacial score (nSPS) is 12.8. The van der Waals surface area contributed by atoms with Gasteiger partial charge in [0.2, 0.25) is 0 Å². The number of aryl methyl sites for hydroxylation is 1. The van der Waals surface area contributed by atoms with Gasteiger partial charge in [-0.3, -0.25) is 4.68 Å². The summed E-state index contributed by atoms with van der Waals surface area (Å²) in [6, 6.07) is 7.47. The number of aliphatic hydroxyl groups excluding tert-OH is 1. The fourth-order valence-corrected chi connectivity index (χ4v) is 2.25. The largest absolute Gasteiger partial charge is 0.382 e. The van der Waals surface area contributed by atoms with Gasteiger partial charge in [-0.25, -0.2) is 0 Å². The summed E-state index contributed by atoms with van der Waals surface area (Å²) in [5.74, 6) is 0. The number of halogens is 2. The van der Waals surface area contributed by atoms with Gasteiger partial charge in [-0.1, -0.05) is 39.7 Å². The van der Waals surface area contributed by atoms with Crippen molar-refractivity contribution in [2.45, 2.75) is 6.10 Å². The summed E-state index contributed by atoms with van der Waals surface area (Å²) in [6.45, 7) is 0. The lowest BCUT2D eigenvalue weighted by atomic mass is 10.1. The summed E-state index contributed by atoms with van der Waals surface area (Å²) >= 11 is 9.34. The molecule has 1 heterocycles. The lowest BCUT2D eigenvalue weighted by Crippen LogP contribution is -2.07. The van der Waals surface area contributed by atoms with E-state index in [1.807, 2.05) is 24.3 Å². The minimum Gasteiger partial charge on any atom is -0.382 e. The number of hydrogen-bond acceptors (Lipinski definition) is 2. The Balaban J connectivity index is 2.43. The third kappa shape index (κ3) is 2.14. The summed E-state index contributed by atoms with van der Waals surface area (Å²) in [5.41, 5.74) is 1.37. The molecule has 0 saturated carbocycles. The van der Waals surface area contributed by atoms with Crippen LogP contribution in [0.15, 0.2) is 34.9 Å².